The summed E-state index contributed by atoms with van der Waals surface area (Å²) >= 11 is 0. The van der Waals surface area contributed by atoms with Crippen molar-refractivity contribution in [3.05, 3.63) is 83.7 Å². The second-order valence-corrected chi connectivity index (χ2v) is 8.19. The third kappa shape index (κ3) is 5.35. The molecule has 0 atom stereocenters. The first-order valence-electron chi connectivity index (χ1n) is 8.94. The van der Waals surface area contributed by atoms with Crippen molar-refractivity contribution in [1.29, 1.82) is 0 Å². The van der Waals surface area contributed by atoms with E-state index in [-0.39, 0.29) is 27.6 Å². The molecule has 0 bridgehead atoms. The lowest BCUT2D eigenvalue weighted by Gasteiger charge is -2.14. The molecule has 1 amide bonds. The first-order chi connectivity index (χ1) is 15.0. The van der Waals surface area contributed by atoms with E-state index in [0.29, 0.717) is 0 Å². The Hall–Kier alpha value is -3.60. The third-order valence-corrected chi connectivity index (χ3v) is 5.68. The standard InChI is InChI=1S/C21H16F4N2O4S/c1-31-19-11-8-16(26-20(28)13-2-4-14(5-3-13)21(23,24)25)12-18(19)27-32(29,30)17-9-6-15(22)7-10-17/h2-12,27H,1H3,(H,26,28). The lowest BCUT2D eigenvalue weighted by molar-refractivity contribution is -0.137. The fourth-order valence-corrected chi connectivity index (χ4v) is 3.76. The molecule has 0 aliphatic heterocycles. The number of halogens is 4. The quantitative estimate of drug-likeness (QED) is 0.504. The van der Waals surface area contributed by atoms with Crippen LogP contribution in [0.4, 0.5) is 28.9 Å². The highest BCUT2D eigenvalue weighted by atomic mass is 32.2. The summed E-state index contributed by atoms with van der Waals surface area (Å²) in [7, 11) is -2.78. The van der Waals surface area contributed by atoms with Crippen molar-refractivity contribution in [3.8, 4) is 5.75 Å². The molecule has 0 fully saturated rings. The molecule has 0 heterocycles. The van der Waals surface area contributed by atoms with Crippen LogP contribution < -0.4 is 14.8 Å². The summed E-state index contributed by atoms with van der Waals surface area (Å²) in [6.45, 7) is 0. The SMILES string of the molecule is COc1ccc(NC(=O)c2ccc(C(F)(F)F)cc2)cc1NS(=O)(=O)c1ccc(F)cc1. The Balaban J connectivity index is 1.83. The van der Waals surface area contributed by atoms with E-state index >= 15 is 0 Å². The molecule has 168 valence electrons. The number of carbonyl (C=O) groups excluding carboxylic acids is 1. The van der Waals surface area contributed by atoms with Crippen LogP contribution >= 0.6 is 0 Å². The first kappa shape index (κ1) is 23.1. The second kappa shape index (κ2) is 8.87. The van der Waals surface area contributed by atoms with Gasteiger partial charge in [-0.2, -0.15) is 13.2 Å². The Morgan fingerprint density at radius 3 is 2.12 bits per heavy atom. The predicted octanol–water partition coefficient (Wildman–Crippen LogP) is 4.91. The van der Waals surface area contributed by atoms with E-state index in [1.54, 1.807) is 0 Å². The van der Waals surface area contributed by atoms with Gasteiger partial charge < -0.3 is 10.1 Å². The van der Waals surface area contributed by atoms with Gasteiger partial charge in [-0.15, -0.1) is 0 Å². The number of rotatable bonds is 6. The third-order valence-electron chi connectivity index (χ3n) is 4.30. The van der Waals surface area contributed by atoms with Crippen LogP contribution in [-0.2, 0) is 16.2 Å². The average molecular weight is 468 g/mol. The summed E-state index contributed by atoms with van der Waals surface area (Å²) in [4.78, 5) is 12.2. The van der Waals surface area contributed by atoms with Gasteiger partial charge in [-0.25, -0.2) is 12.8 Å². The molecule has 0 aliphatic carbocycles. The van der Waals surface area contributed by atoms with Gasteiger partial charge in [0.15, 0.2) is 0 Å². The number of methoxy groups -OCH3 is 1. The zero-order chi connectivity index (χ0) is 23.5. The van der Waals surface area contributed by atoms with Crippen LogP contribution in [-0.4, -0.2) is 21.4 Å². The number of ether oxygens (including phenoxy) is 1. The van der Waals surface area contributed by atoms with Crippen LogP contribution in [0.3, 0.4) is 0 Å². The van der Waals surface area contributed by atoms with Crippen molar-refractivity contribution in [2.24, 2.45) is 0 Å². The molecule has 6 nitrogen and oxygen atoms in total. The maximum absolute atomic E-state index is 13.1. The van der Waals surface area contributed by atoms with Crippen molar-refractivity contribution in [2.45, 2.75) is 11.1 Å². The highest BCUT2D eigenvalue weighted by molar-refractivity contribution is 7.92. The Kier molecular flexibility index (Phi) is 6.40. The van der Waals surface area contributed by atoms with E-state index < -0.39 is 33.5 Å². The Morgan fingerprint density at radius 2 is 1.56 bits per heavy atom. The maximum Gasteiger partial charge on any atom is 0.416 e. The number of benzene rings is 3. The van der Waals surface area contributed by atoms with E-state index in [1.807, 2.05) is 0 Å². The largest absolute Gasteiger partial charge is 0.495 e. The smallest absolute Gasteiger partial charge is 0.416 e. The maximum atomic E-state index is 13.1. The number of carbonyl (C=O) groups is 1. The molecule has 0 saturated heterocycles. The number of sulfonamides is 1. The number of alkyl halides is 3. The molecule has 0 spiro atoms. The fraction of sp³-hybridized carbons (Fsp3) is 0.0952. The van der Waals surface area contributed by atoms with Crippen molar-refractivity contribution in [2.75, 3.05) is 17.1 Å². The topological polar surface area (TPSA) is 84.5 Å². The van der Waals surface area contributed by atoms with Gasteiger partial charge in [0.05, 0.1) is 23.3 Å². The van der Waals surface area contributed by atoms with Gasteiger partial charge in [0.1, 0.15) is 11.6 Å². The Morgan fingerprint density at radius 1 is 0.938 bits per heavy atom. The molecule has 0 radical (unpaired) electrons. The van der Waals surface area contributed by atoms with E-state index in [1.165, 1.54) is 25.3 Å². The lowest BCUT2D eigenvalue weighted by atomic mass is 10.1. The molecule has 0 aromatic heterocycles. The Labute approximate surface area is 180 Å². The van der Waals surface area contributed by atoms with Crippen LogP contribution in [0.25, 0.3) is 0 Å². The van der Waals surface area contributed by atoms with E-state index in [0.717, 1.165) is 48.5 Å². The van der Waals surface area contributed by atoms with E-state index in [9.17, 15) is 30.8 Å². The predicted molar refractivity (Wildman–Crippen MR) is 110 cm³/mol. The molecular formula is C21H16F4N2O4S. The fourth-order valence-electron chi connectivity index (χ4n) is 2.70. The molecule has 2 N–H and O–H groups in total. The molecule has 3 rings (SSSR count). The number of hydrogen-bond acceptors (Lipinski definition) is 4. The van der Waals surface area contributed by atoms with Gasteiger partial charge in [-0.1, -0.05) is 0 Å². The number of anilines is 2. The molecule has 11 heteroatoms. The molecule has 0 unspecified atom stereocenters. The highest BCUT2D eigenvalue weighted by Crippen LogP contribution is 2.31. The van der Waals surface area contributed by atoms with Gasteiger partial charge in [0.25, 0.3) is 15.9 Å². The van der Waals surface area contributed by atoms with Crippen molar-refractivity contribution < 1.29 is 35.5 Å². The van der Waals surface area contributed by atoms with E-state index in [2.05, 4.69) is 10.0 Å². The van der Waals surface area contributed by atoms with Crippen molar-refractivity contribution in [3.63, 3.8) is 0 Å². The van der Waals surface area contributed by atoms with Crippen LogP contribution in [0.15, 0.2) is 71.6 Å². The summed E-state index contributed by atoms with van der Waals surface area (Å²) in [6.07, 6.45) is -4.53. The van der Waals surface area contributed by atoms with Gasteiger partial charge in [0, 0.05) is 11.3 Å². The molecular weight excluding hydrogens is 452 g/mol. The van der Waals surface area contributed by atoms with Gasteiger partial charge in [0.2, 0.25) is 0 Å². The van der Waals surface area contributed by atoms with Crippen LogP contribution in [0.5, 0.6) is 5.75 Å². The zero-order valence-corrected chi connectivity index (χ0v) is 17.2. The summed E-state index contributed by atoms with van der Waals surface area (Å²) in [5.74, 6) is -1.16. The molecule has 0 saturated carbocycles. The molecule has 0 aliphatic rings. The van der Waals surface area contributed by atoms with Gasteiger partial charge >= 0.3 is 6.18 Å². The van der Waals surface area contributed by atoms with E-state index in [4.69, 9.17) is 4.74 Å². The number of amides is 1. The van der Waals surface area contributed by atoms with Crippen LogP contribution in [0, 0.1) is 5.82 Å². The zero-order valence-electron chi connectivity index (χ0n) is 16.4. The van der Waals surface area contributed by atoms with Crippen LogP contribution in [0.2, 0.25) is 0 Å². The summed E-state index contributed by atoms with van der Waals surface area (Å²) in [5.41, 5.74) is -0.771. The Bertz CT molecular complexity index is 1230. The van der Waals surface area contributed by atoms with Gasteiger partial charge in [-0.3, -0.25) is 9.52 Å². The highest BCUT2D eigenvalue weighted by Gasteiger charge is 2.30. The number of hydrogen-bond donors (Lipinski definition) is 2. The lowest BCUT2D eigenvalue weighted by Crippen LogP contribution is -2.15. The summed E-state index contributed by atoms with van der Waals surface area (Å²) in [5, 5.41) is 2.48. The average Bonchev–Trinajstić information content (AvgIpc) is 2.73. The molecule has 3 aromatic rings. The van der Waals surface area contributed by atoms with Gasteiger partial charge in [-0.05, 0) is 66.7 Å². The molecule has 3 aromatic carbocycles. The number of nitrogens with one attached hydrogen (secondary N) is 2. The minimum Gasteiger partial charge on any atom is -0.495 e. The minimum atomic E-state index is -4.53. The molecule has 32 heavy (non-hydrogen) atoms. The summed E-state index contributed by atoms with van der Waals surface area (Å²) in [6, 6.07) is 11.9. The van der Waals surface area contributed by atoms with Crippen LogP contribution in [0.1, 0.15) is 15.9 Å². The normalized spacial score (nSPS) is 11.7. The second-order valence-electron chi connectivity index (χ2n) is 6.50. The monoisotopic (exact) mass is 468 g/mol. The minimum absolute atomic E-state index is 0.0120. The van der Waals surface area contributed by atoms with Crippen molar-refractivity contribution >= 4 is 27.3 Å². The first-order valence-corrected chi connectivity index (χ1v) is 10.4. The summed E-state index contributed by atoms with van der Waals surface area (Å²) < 4.78 is 83.7. The van der Waals surface area contributed by atoms with Crippen molar-refractivity contribution in [1.82, 2.24) is 0 Å².